The third-order valence-electron chi connectivity index (χ3n) is 2.87. The number of carbonyl (C=O) groups is 2. The van der Waals surface area contributed by atoms with Gasteiger partial charge < -0.3 is 24.3 Å². The van der Waals surface area contributed by atoms with Gasteiger partial charge in [-0.2, -0.15) is 0 Å². The van der Waals surface area contributed by atoms with Gasteiger partial charge in [-0.3, -0.25) is 9.59 Å². The number of rotatable bonds is 11. The second-order valence-electron chi connectivity index (χ2n) is 4.21. The normalized spacial score (nSPS) is 12.8. The van der Waals surface area contributed by atoms with Crippen LogP contribution in [-0.4, -0.2) is 68.4 Å². The highest BCUT2D eigenvalue weighted by Gasteiger charge is 2.22. The van der Waals surface area contributed by atoms with Crippen molar-refractivity contribution in [3.63, 3.8) is 0 Å². The fraction of sp³-hybridized carbons (Fsp3) is 0.833. The molecular formula is C12H25NO6Si. The van der Waals surface area contributed by atoms with Crippen molar-refractivity contribution >= 4 is 21.5 Å². The summed E-state index contributed by atoms with van der Waals surface area (Å²) in [7, 11) is 5.38. The maximum absolute atomic E-state index is 11.5. The van der Waals surface area contributed by atoms with Gasteiger partial charge in [0.2, 0.25) is 0 Å². The lowest BCUT2D eigenvalue weighted by Gasteiger charge is -2.16. The Hall–Kier alpha value is -0.963. The van der Waals surface area contributed by atoms with Gasteiger partial charge in [0.1, 0.15) is 12.0 Å². The first-order chi connectivity index (χ1) is 9.58. The maximum Gasteiger partial charge on any atom is 0.323 e. The van der Waals surface area contributed by atoms with Crippen molar-refractivity contribution < 1.29 is 28.5 Å². The minimum atomic E-state index is -0.658. The quantitative estimate of drug-likeness (QED) is 0.232. The second kappa shape index (κ2) is 11.8. The van der Waals surface area contributed by atoms with Crippen LogP contribution in [0.5, 0.6) is 0 Å². The third-order valence-corrected chi connectivity index (χ3v) is 4.91. The van der Waals surface area contributed by atoms with Crippen molar-refractivity contribution in [3.05, 3.63) is 0 Å². The molecule has 0 saturated heterocycles. The fourth-order valence-electron chi connectivity index (χ4n) is 1.68. The van der Waals surface area contributed by atoms with E-state index in [1.165, 1.54) is 14.2 Å². The van der Waals surface area contributed by atoms with Crippen molar-refractivity contribution in [2.75, 3.05) is 35.0 Å². The molecule has 1 unspecified atom stereocenters. The molecule has 0 bridgehead atoms. The van der Waals surface area contributed by atoms with Gasteiger partial charge in [0.15, 0.2) is 0 Å². The minimum Gasteiger partial charge on any atom is -0.469 e. The van der Waals surface area contributed by atoms with Gasteiger partial charge in [-0.25, -0.2) is 0 Å². The number of esters is 2. The second-order valence-corrected chi connectivity index (χ2v) is 6.16. The van der Waals surface area contributed by atoms with E-state index in [9.17, 15) is 9.59 Å². The zero-order valence-electron chi connectivity index (χ0n) is 12.6. The molecule has 0 aliphatic rings. The summed E-state index contributed by atoms with van der Waals surface area (Å²) in [4.78, 5) is 22.7. The zero-order valence-corrected chi connectivity index (χ0v) is 14.1. The highest BCUT2D eigenvalue weighted by molar-refractivity contribution is 6.36. The van der Waals surface area contributed by atoms with Crippen LogP contribution in [0.15, 0.2) is 0 Å². The molecule has 0 saturated carbocycles. The lowest BCUT2D eigenvalue weighted by atomic mass is 10.2. The smallest absolute Gasteiger partial charge is 0.323 e. The largest absolute Gasteiger partial charge is 0.469 e. The molecule has 0 spiro atoms. The van der Waals surface area contributed by atoms with E-state index in [0.717, 1.165) is 12.5 Å². The predicted molar refractivity (Wildman–Crippen MR) is 76.2 cm³/mol. The van der Waals surface area contributed by atoms with Gasteiger partial charge in [-0.1, -0.05) is 6.04 Å². The van der Waals surface area contributed by atoms with E-state index in [-0.39, 0.29) is 12.3 Å². The van der Waals surface area contributed by atoms with Gasteiger partial charge in [-0.15, -0.1) is 0 Å². The highest BCUT2D eigenvalue weighted by atomic mass is 28.2. The lowest BCUT2D eigenvalue weighted by Crippen LogP contribution is -2.40. The first kappa shape index (κ1) is 19.0. The summed E-state index contributed by atoms with van der Waals surface area (Å²) in [6.07, 6.45) is 0.865. The predicted octanol–water partition coefficient (Wildman–Crippen LogP) is -0.766. The van der Waals surface area contributed by atoms with E-state index in [1.54, 1.807) is 14.2 Å². The molecule has 0 aliphatic heterocycles. The van der Waals surface area contributed by atoms with Crippen LogP contribution in [0.3, 0.4) is 0 Å². The Morgan fingerprint density at radius 2 is 1.75 bits per heavy atom. The Morgan fingerprint density at radius 1 is 1.10 bits per heavy atom. The summed E-state index contributed by atoms with van der Waals surface area (Å²) < 4.78 is 19.5. The summed E-state index contributed by atoms with van der Waals surface area (Å²) in [5, 5.41) is 3.01. The first-order valence-corrected chi connectivity index (χ1v) is 8.34. The summed E-state index contributed by atoms with van der Waals surface area (Å²) >= 11 is 0. The molecule has 0 fully saturated rings. The number of methoxy groups -OCH3 is 4. The molecule has 0 aromatic heterocycles. The number of ether oxygens (including phenoxy) is 4. The lowest BCUT2D eigenvalue weighted by molar-refractivity contribution is -0.149. The van der Waals surface area contributed by atoms with Crippen molar-refractivity contribution in [1.82, 2.24) is 5.32 Å². The fourth-order valence-corrected chi connectivity index (χ4v) is 3.02. The summed E-state index contributed by atoms with van der Waals surface area (Å²) in [5.41, 5.74) is 0. The topological polar surface area (TPSA) is 83.1 Å². The standard InChI is InChI=1S/C12H25NO6Si/c1-16-10(14)8-9(11(15)17-2)13-6-5-7-20-12(18-3)19-4/h9,12-13H,5-8,20H2,1-4H3. The van der Waals surface area contributed by atoms with E-state index in [4.69, 9.17) is 9.47 Å². The zero-order chi connectivity index (χ0) is 15.4. The van der Waals surface area contributed by atoms with Crippen LogP contribution in [0.4, 0.5) is 0 Å². The van der Waals surface area contributed by atoms with Gasteiger partial charge in [0.25, 0.3) is 0 Å². The van der Waals surface area contributed by atoms with Crippen molar-refractivity contribution in [2.45, 2.75) is 30.8 Å². The van der Waals surface area contributed by atoms with Crippen LogP contribution in [0.25, 0.3) is 0 Å². The highest BCUT2D eigenvalue weighted by Crippen LogP contribution is 2.00. The molecule has 1 N–H and O–H groups in total. The molecule has 8 heteroatoms. The molecule has 118 valence electrons. The summed E-state index contributed by atoms with van der Waals surface area (Å²) in [6.45, 7) is 0.629. The minimum absolute atomic E-state index is 0.0284. The molecule has 0 aromatic rings. The Balaban J connectivity index is 3.96. The van der Waals surface area contributed by atoms with Crippen LogP contribution < -0.4 is 5.32 Å². The van der Waals surface area contributed by atoms with Crippen LogP contribution >= 0.6 is 0 Å². The van der Waals surface area contributed by atoms with E-state index < -0.39 is 27.5 Å². The third kappa shape index (κ3) is 8.26. The van der Waals surface area contributed by atoms with Crippen molar-refractivity contribution in [3.8, 4) is 0 Å². The molecule has 0 rings (SSSR count). The van der Waals surface area contributed by atoms with Crippen molar-refractivity contribution in [2.24, 2.45) is 0 Å². The van der Waals surface area contributed by atoms with Crippen molar-refractivity contribution in [1.29, 1.82) is 0 Å². The molecule has 0 heterocycles. The number of hydrogen-bond acceptors (Lipinski definition) is 7. The molecule has 7 nitrogen and oxygen atoms in total. The van der Waals surface area contributed by atoms with Crippen LogP contribution in [0, 0.1) is 0 Å². The number of nitrogens with one attached hydrogen (secondary N) is 1. The maximum atomic E-state index is 11.5. The molecule has 0 radical (unpaired) electrons. The SMILES string of the molecule is COC(=O)CC(NCCC[SiH2]C(OC)OC)C(=O)OC. The Morgan fingerprint density at radius 3 is 2.25 bits per heavy atom. The van der Waals surface area contributed by atoms with Crippen LogP contribution in [-0.2, 0) is 28.5 Å². The van der Waals surface area contributed by atoms with E-state index in [1.807, 2.05) is 0 Å². The molecule has 0 aromatic carbocycles. The van der Waals surface area contributed by atoms with Crippen LogP contribution in [0.2, 0.25) is 6.04 Å². The van der Waals surface area contributed by atoms with Gasteiger partial charge >= 0.3 is 11.9 Å². The van der Waals surface area contributed by atoms with Gasteiger partial charge in [0.05, 0.1) is 30.2 Å². The summed E-state index contributed by atoms with van der Waals surface area (Å²) in [6, 6.07) is 0.362. The molecule has 0 amide bonds. The monoisotopic (exact) mass is 307 g/mol. The van der Waals surface area contributed by atoms with Crippen LogP contribution in [0.1, 0.15) is 12.8 Å². The average Bonchev–Trinajstić information content (AvgIpc) is 2.48. The van der Waals surface area contributed by atoms with Gasteiger partial charge in [-0.05, 0) is 13.0 Å². The van der Waals surface area contributed by atoms with E-state index in [0.29, 0.717) is 6.54 Å². The molecule has 0 aliphatic carbocycles. The summed E-state index contributed by atoms with van der Waals surface area (Å²) in [5.74, 6) is -0.970. The Labute approximate surface area is 122 Å². The number of hydrogen-bond donors (Lipinski definition) is 1. The average molecular weight is 307 g/mol. The Kier molecular flexibility index (Phi) is 11.3. The number of carbonyl (C=O) groups excluding carboxylic acids is 2. The Bertz CT molecular complexity index is 285. The molecular weight excluding hydrogens is 282 g/mol. The van der Waals surface area contributed by atoms with E-state index in [2.05, 4.69) is 14.8 Å². The molecule has 20 heavy (non-hydrogen) atoms. The molecule has 1 atom stereocenters. The van der Waals surface area contributed by atoms with Gasteiger partial charge in [0, 0.05) is 14.2 Å². The van der Waals surface area contributed by atoms with E-state index >= 15 is 0 Å². The first-order valence-electron chi connectivity index (χ1n) is 6.52.